The lowest BCUT2D eigenvalue weighted by Crippen LogP contribution is -2.50. The van der Waals surface area contributed by atoms with Crippen LogP contribution in [0, 0.1) is 11.6 Å². The van der Waals surface area contributed by atoms with E-state index in [1.54, 1.807) is 24.3 Å². The predicted molar refractivity (Wildman–Crippen MR) is 137 cm³/mol. The van der Waals surface area contributed by atoms with Gasteiger partial charge in [-0.25, -0.2) is 18.8 Å². The number of nitrogens with zero attached hydrogens (tertiary/aromatic N) is 2. The molecule has 0 saturated carbocycles. The number of Topliss-reactive ketones (excluding diaryl/α,β-unsaturated/α-hetero) is 1. The Morgan fingerprint density at radius 3 is 1.86 bits per heavy atom. The molecule has 196 valence electrons. The molecule has 2 aliphatic heterocycles. The van der Waals surface area contributed by atoms with Gasteiger partial charge in [-0.3, -0.25) is 9.35 Å². The van der Waals surface area contributed by atoms with E-state index < -0.39 is 10.1 Å². The van der Waals surface area contributed by atoms with Crippen molar-refractivity contribution < 1.29 is 26.5 Å². The number of ketones is 1. The molecule has 2 aromatic carbocycles. The van der Waals surface area contributed by atoms with Crippen LogP contribution in [0.5, 0.6) is 0 Å². The van der Waals surface area contributed by atoms with Crippen molar-refractivity contribution in [2.24, 2.45) is 0 Å². The molecule has 0 bridgehead atoms. The van der Waals surface area contributed by atoms with E-state index in [1.807, 2.05) is 6.92 Å². The number of halogens is 2. The normalized spacial score (nSPS) is 19.0. The monoisotopic (exact) mass is 520 g/mol. The molecule has 2 saturated heterocycles. The van der Waals surface area contributed by atoms with Gasteiger partial charge in [0.05, 0.1) is 12.3 Å². The topological polar surface area (TPSA) is 77.9 Å². The van der Waals surface area contributed by atoms with Crippen molar-refractivity contribution in [2.45, 2.75) is 51.5 Å². The van der Waals surface area contributed by atoms with Gasteiger partial charge in [0.1, 0.15) is 11.6 Å². The average molecular weight is 521 g/mol. The number of carbonyl (C=O) groups is 1. The highest BCUT2D eigenvalue weighted by Gasteiger charge is 2.38. The lowest BCUT2D eigenvalue weighted by Gasteiger charge is -2.37. The summed E-state index contributed by atoms with van der Waals surface area (Å²) in [5.74, 6) is -0.297. The molecular formula is C27H34F2N2O4S. The van der Waals surface area contributed by atoms with E-state index in [0.717, 1.165) is 54.6 Å². The van der Waals surface area contributed by atoms with E-state index in [2.05, 4.69) is 10.0 Å². The second kappa shape index (κ2) is 12.7. The van der Waals surface area contributed by atoms with E-state index in [0.29, 0.717) is 25.6 Å². The highest BCUT2D eigenvalue weighted by molar-refractivity contribution is 7.85. The van der Waals surface area contributed by atoms with Gasteiger partial charge in [0.2, 0.25) is 0 Å². The molecule has 0 aliphatic carbocycles. The van der Waals surface area contributed by atoms with Gasteiger partial charge in [-0.1, -0.05) is 37.6 Å². The maximum atomic E-state index is 13.6. The van der Waals surface area contributed by atoms with Crippen molar-refractivity contribution in [2.75, 3.05) is 25.9 Å². The first kappa shape index (κ1) is 28.1. The molecule has 1 N–H and O–H groups in total. The number of piperidine rings is 1. The van der Waals surface area contributed by atoms with Crippen LogP contribution in [-0.2, 0) is 14.9 Å². The zero-order chi connectivity index (χ0) is 26.3. The van der Waals surface area contributed by atoms with E-state index in [-0.39, 0.29) is 23.5 Å². The van der Waals surface area contributed by atoms with Gasteiger partial charge in [-0.2, -0.15) is 8.42 Å². The van der Waals surface area contributed by atoms with Gasteiger partial charge in [0.25, 0.3) is 10.1 Å². The Morgan fingerprint density at radius 2 is 1.42 bits per heavy atom. The van der Waals surface area contributed by atoms with Crippen LogP contribution in [0.2, 0.25) is 0 Å². The summed E-state index contributed by atoms with van der Waals surface area (Å²) in [6.07, 6.45) is 6.30. The number of hydrogen-bond donors (Lipinski definition) is 1. The van der Waals surface area contributed by atoms with Gasteiger partial charge in [-0.05, 0) is 72.2 Å². The van der Waals surface area contributed by atoms with Gasteiger partial charge in [-0.15, -0.1) is 0 Å². The summed E-state index contributed by atoms with van der Waals surface area (Å²) in [4.78, 5) is 13.0. The number of hydrazine groups is 1. The van der Waals surface area contributed by atoms with Crippen LogP contribution in [0.3, 0.4) is 0 Å². The second-order valence-corrected chi connectivity index (χ2v) is 10.7. The molecule has 0 radical (unpaired) electrons. The van der Waals surface area contributed by atoms with Crippen LogP contribution in [0.15, 0.2) is 54.1 Å². The fourth-order valence-electron chi connectivity index (χ4n) is 4.82. The third kappa shape index (κ3) is 8.03. The minimum atomic E-state index is -3.67. The Balaban J connectivity index is 0.000000658. The van der Waals surface area contributed by atoms with Gasteiger partial charge >= 0.3 is 0 Å². The fraction of sp³-hybridized carbons (Fsp3) is 0.444. The molecule has 2 aliphatic rings. The summed E-state index contributed by atoms with van der Waals surface area (Å²) in [7, 11) is -3.67. The number of carbonyl (C=O) groups excluding carboxylic acids is 1. The summed E-state index contributed by atoms with van der Waals surface area (Å²) in [6, 6.07) is 12.7. The molecule has 2 heterocycles. The molecule has 36 heavy (non-hydrogen) atoms. The summed E-state index contributed by atoms with van der Waals surface area (Å²) >= 11 is 0. The lowest BCUT2D eigenvalue weighted by molar-refractivity contribution is -0.132. The van der Waals surface area contributed by atoms with Crippen LogP contribution in [0.4, 0.5) is 8.78 Å². The third-order valence-electron chi connectivity index (χ3n) is 6.34. The summed E-state index contributed by atoms with van der Waals surface area (Å²) < 4.78 is 53.1. The van der Waals surface area contributed by atoms with Crippen molar-refractivity contribution in [3.8, 4) is 0 Å². The van der Waals surface area contributed by atoms with Crippen LogP contribution < -0.4 is 0 Å². The Kier molecular flexibility index (Phi) is 9.90. The van der Waals surface area contributed by atoms with E-state index in [9.17, 15) is 22.0 Å². The lowest BCUT2D eigenvalue weighted by atomic mass is 9.91. The van der Waals surface area contributed by atoms with Crippen molar-refractivity contribution in [3.05, 3.63) is 76.9 Å². The maximum absolute atomic E-state index is 13.6. The van der Waals surface area contributed by atoms with E-state index in [4.69, 9.17) is 4.55 Å². The van der Waals surface area contributed by atoms with Gasteiger partial charge in [0.15, 0.2) is 5.78 Å². The number of hydrogen-bond acceptors (Lipinski definition) is 5. The molecule has 1 unspecified atom stereocenters. The molecular weight excluding hydrogens is 486 g/mol. The van der Waals surface area contributed by atoms with Crippen LogP contribution in [0.25, 0.3) is 5.57 Å². The van der Waals surface area contributed by atoms with Crippen LogP contribution in [0.1, 0.15) is 56.6 Å². The minimum Gasteiger partial charge on any atom is -0.298 e. The third-order valence-corrected chi connectivity index (χ3v) is 6.34. The Bertz CT molecular complexity index is 1100. The zero-order valence-electron chi connectivity index (χ0n) is 20.8. The van der Waals surface area contributed by atoms with Gasteiger partial charge in [0, 0.05) is 26.1 Å². The molecule has 9 heteroatoms. The standard InChI is InChI=1S/C26H30F2N2O.CH4O3S/c1-2-6-25(31)24-17-21(18-30(24)29-15-4-3-5-16-29)26(19-7-11-22(27)12-8-19)20-9-13-23(28)14-10-20;1-5(2,3)4/h7-14,24H,2-6,15-18H2,1H3;1H3,(H,2,3,4). The molecule has 4 rings (SSSR count). The van der Waals surface area contributed by atoms with E-state index in [1.165, 1.54) is 30.7 Å². The Labute approximate surface area is 212 Å². The fourth-order valence-corrected chi connectivity index (χ4v) is 4.82. The molecule has 1 atom stereocenters. The highest BCUT2D eigenvalue weighted by Crippen LogP contribution is 2.36. The molecule has 2 fully saturated rings. The predicted octanol–water partition coefficient (Wildman–Crippen LogP) is 5.12. The molecule has 0 aromatic heterocycles. The molecule has 0 spiro atoms. The highest BCUT2D eigenvalue weighted by atomic mass is 32.2. The summed E-state index contributed by atoms with van der Waals surface area (Å²) in [5.41, 5.74) is 3.92. The zero-order valence-corrected chi connectivity index (χ0v) is 21.6. The SMILES string of the molecule is CCCC(=O)C1CC(=C(c2ccc(F)cc2)c2ccc(F)cc2)CN1N1CCCCC1.CS(=O)(=O)O. The molecule has 2 aromatic rings. The number of benzene rings is 2. The van der Waals surface area contributed by atoms with Crippen LogP contribution in [-0.4, -0.2) is 60.7 Å². The Morgan fingerprint density at radius 1 is 0.944 bits per heavy atom. The molecule has 6 nitrogen and oxygen atoms in total. The largest absolute Gasteiger partial charge is 0.298 e. The Hall–Kier alpha value is -2.46. The first-order valence-electron chi connectivity index (χ1n) is 12.3. The molecule has 0 amide bonds. The smallest absolute Gasteiger partial charge is 0.261 e. The average Bonchev–Trinajstić information content (AvgIpc) is 3.27. The van der Waals surface area contributed by atoms with Gasteiger partial charge < -0.3 is 0 Å². The van der Waals surface area contributed by atoms with E-state index >= 15 is 0 Å². The number of rotatable bonds is 6. The summed E-state index contributed by atoms with van der Waals surface area (Å²) in [6.45, 7) is 4.67. The minimum absolute atomic E-state index is 0.163. The first-order chi connectivity index (χ1) is 17.1. The van der Waals surface area contributed by atoms with Crippen molar-refractivity contribution >= 4 is 21.5 Å². The first-order valence-corrected chi connectivity index (χ1v) is 14.1. The van der Waals surface area contributed by atoms with Crippen LogP contribution >= 0.6 is 0 Å². The summed E-state index contributed by atoms with van der Waals surface area (Å²) in [5, 5.41) is 4.61. The van der Waals surface area contributed by atoms with Crippen molar-refractivity contribution in [1.29, 1.82) is 0 Å². The van der Waals surface area contributed by atoms with Crippen molar-refractivity contribution in [3.63, 3.8) is 0 Å². The maximum Gasteiger partial charge on any atom is 0.261 e. The van der Waals surface area contributed by atoms with Crippen molar-refractivity contribution in [1.82, 2.24) is 10.0 Å². The second-order valence-electron chi connectivity index (χ2n) is 9.27. The quantitative estimate of drug-likeness (QED) is 0.533.